The lowest BCUT2D eigenvalue weighted by Gasteiger charge is -2.22. The summed E-state index contributed by atoms with van der Waals surface area (Å²) < 4.78 is 12.6. The van der Waals surface area contributed by atoms with Crippen LogP contribution in [0, 0.1) is 0 Å². The molecule has 0 aliphatic carbocycles. The van der Waals surface area contributed by atoms with Crippen molar-refractivity contribution in [1.82, 2.24) is 14.8 Å². The van der Waals surface area contributed by atoms with Gasteiger partial charge in [-0.15, -0.1) is 10.2 Å². The predicted octanol–water partition coefficient (Wildman–Crippen LogP) is 5.02. The highest BCUT2D eigenvalue weighted by atomic mass is 32.2. The van der Waals surface area contributed by atoms with Crippen LogP contribution in [0.1, 0.15) is 12.5 Å². The molecule has 1 aromatic heterocycles. The average Bonchev–Trinajstić information content (AvgIpc) is 3.47. The van der Waals surface area contributed by atoms with Crippen molar-refractivity contribution in [3.05, 3.63) is 78.4 Å². The molecular weight excluding hydrogens is 460 g/mol. The van der Waals surface area contributed by atoms with Crippen LogP contribution in [0.25, 0.3) is 17.1 Å². The first-order valence-electron chi connectivity index (χ1n) is 11.4. The van der Waals surface area contributed by atoms with Gasteiger partial charge < -0.3 is 14.4 Å². The molecule has 0 N–H and O–H groups in total. The molecule has 35 heavy (non-hydrogen) atoms. The maximum absolute atomic E-state index is 13.3. The van der Waals surface area contributed by atoms with E-state index in [1.807, 2.05) is 76.2 Å². The molecule has 3 aromatic carbocycles. The highest BCUT2D eigenvalue weighted by Crippen LogP contribution is 2.34. The molecule has 178 valence electrons. The molecule has 7 nitrogen and oxygen atoms in total. The van der Waals surface area contributed by atoms with Crippen LogP contribution in [0.15, 0.2) is 78.0 Å². The van der Waals surface area contributed by atoms with Gasteiger partial charge in [0.25, 0.3) is 0 Å². The van der Waals surface area contributed by atoms with Gasteiger partial charge in [-0.3, -0.25) is 9.36 Å². The number of thioether (sulfide) groups is 1. The normalized spacial score (nSPS) is 14.6. The lowest BCUT2D eigenvalue weighted by molar-refractivity contribution is -0.116. The highest BCUT2D eigenvalue weighted by molar-refractivity contribution is 7.99. The summed E-state index contributed by atoms with van der Waals surface area (Å²) in [4.78, 5) is 15.2. The van der Waals surface area contributed by atoms with Crippen molar-refractivity contribution in [2.75, 3.05) is 24.9 Å². The number of carbonyl (C=O) groups excluding carboxylic acids is 1. The summed E-state index contributed by atoms with van der Waals surface area (Å²) in [5.41, 5.74) is 3.99. The predicted molar refractivity (Wildman–Crippen MR) is 138 cm³/mol. The number of benzene rings is 3. The summed E-state index contributed by atoms with van der Waals surface area (Å²) >= 11 is 1.39. The second-order valence-electron chi connectivity index (χ2n) is 8.30. The molecule has 8 heteroatoms. The lowest BCUT2D eigenvalue weighted by Crippen LogP contribution is -2.37. The van der Waals surface area contributed by atoms with Crippen LogP contribution in [0.5, 0.6) is 11.5 Å². The van der Waals surface area contributed by atoms with Crippen molar-refractivity contribution in [3.8, 4) is 28.6 Å². The molecule has 0 fully saturated rings. The smallest absolute Gasteiger partial charge is 0.237 e. The fourth-order valence-electron chi connectivity index (χ4n) is 4.40. The number of anilines is 1. The van der Waals surface area contributed by atoms with Crippen molar-refractivity contribution >= 4 is 23.4 Å². The third-order valence-corrected chi connectivity index (χ3v) is 7.03. The zero-order valence-electron chi connectivity index (χ0n) is 19.8. The fourth-order valence-corrected chi connectivity index (χ4v) is 5.21. The number of methoxy groups -OCH3 is 2. The van der Waals surface area contributed by atoms with E-state index in [0.717, 1.165) is 34.9 Å². The summed E-state index contributed by atoms with van der Waals surface area (Å²) in [5.74, 6) is 2.54. The molecule has 1 amide bonds. The summed E-state index contributed by atoms with van der Waals surface area (Å²) in [6.45, 7) is 2.09. The van der Waals surface area contributed by atoms with Crippen LogP contribution in [-0.2, 0) is 11.2 Å². The van der Waals surface area contributed by atoms with Gasteiger partial charge in [0.2, 0.25) is 5.91 Å². The van der Waals surface area contributed by atoms with E-state index < -0.39 is 0 Å². The number of para-hydroxylation sites is 1. The summed E-state index contributed by atoms with van der Waals surface area (Å²) in [6, 6.07) is 23.6. The van der Waals surface area contributed by atoms with Crippen molar-refractivity contribution in [2.45, 2.75) is 24.5 Å². The number of ether oxygens (including phenoxy) is 2. The second-order valence-corrected chi connectivity index (χ2v) is 9.24. The number of nitrogens with zero attached hydrogens (tertiary/aromatic N) is 4. The monoisotopic (exact) mass is 486 g/mol. The first-order valence-corrected chi connectivity index (χ1v) is 12.3. The van der Waals surface area contributed by atoms with Gasteiger partial charge in [-0.2, -0.15) is 0 Å². The maximum Gasteiger partial charge on any atom is 0.237 e. The molecule has 0 radical (unpaired) electrons. The number of rotatable bonds is 7. The van der Waals surface area contributed by atoms with Gasteiger partial charge in [0.1, 0.15) is 11.5 Å². The maximum atomic E-state index is 13.3. The van der Waals surface area contributed by atoms with Crippen LogP contribution < -0.4 is 14.4 Å². The first kappa shape index (κ1) is 23.0. The van der Waals surface area contributed by atoms with E-state index >= 15 is 0 Å². The minimum Gasteiger partial charge on any atom is -0.497 e. The fraction of sp³-hybridized carbons (Fsp3) is 0.222. The SMILES string of the molecule is COc1ccc(-c2nnc(SCC(=O)N3c4ccccc4CC3C)n2-c2ccc(OC)cc2)cc1. The van der Waals surface area contributed by atoms with Gasteiger partial charge in [-0.25, -0.2) is 0 Å². The van der Waals surface area contributed by atoms with Gasteiger partial charge in [0.15, 0.2) is 11.0 Å². The number of fused-ring (bicyclic) bond motifs is 1. The largest absolute Gasteiger partial charge is 0.497 e. The van der Waals surface area contributed by atoms with Crippen LogP contribution in [0.3, 0.4) is 0 Å². The van der Waals surface area contributed by atoms with Crippen LogP contribution in [0.2, 0.25) is 0 Å². The Bertz CT molecular complexity index is 1340. The summed E-state index contributed by atoms with van der Waals surface area (Å²) in [6.07, 6.45) is 0.871. The van der Waals surface area contributed by atoms with Crippen molar-refractivity contribution in [2.24, 2.45) is 0 Å². The molecule has 0 bridgehead atoms. The van der Waals surface area contributed by atoms with Gasteiger partial charge in [-0.1, -0.05) is 30.0 Å². The first-order chi connectivity index (χ1) is 17.1. The Labute approximate surface area is 208 Å². The third-order valence-electron chi connectivity index (χ3n) is 6.11. The molecule has 4 aromatic rings. The van der Waals surface area contributed by atoms with E-state index in [1.54, 1.807) is 14.2 Å². The van der Waals surface area contributed by atoms with Crippen LogP contribution >= 0.6 is 11.8 Å². The van der Waals surface area contributed by atoms with E-state index in [9.17, 15) is 4.79 Å². The molecule has 1 aliphatic rings. The highest BCUT2D eigenvalue weighted by Gasteiger charge is 2.30. The second kappa shape index (κ2) is 9.84. The van der Waals surface area contributed by atoms with E-state index in [2.05, 4.69) is 23.2 Å². The minimum atomic E-state index is 0.0581. The van der Waals surface area contributed by atoms with Crippen molar-refractivity contribution in [3.63, 3.8) is 0 Å². The molecule has 5 rings (SSSR count). The Morgan fingerprint density at radius 2 is 1.60 bits per heavy atom. The number of aromatic nitrogens is 3. The topological polar surface area (TPSA) is 69.5 Å². The van der Waals surface area contributed by atoms with Crippen molar-refractivity contribution < 1.29 is 14.3 Å². The van der Waals surface area contributed by atoms with Crippen LogP contribution in [0.4, 0.5) is 5.69 Å². The standard InChI is InChI=1S/C27H26N4O3S/c1-18-16-20-6-4-5-7-24(20)30(18)25(32)17-35-27-29-28-26(19-8-12-22(33-2)13-9-19)31(27)21-10-14-23(34-3)15-11-21/h4-15,18H,16-17H2,1-3H3. The minimum absolute atomic E-state index is 0.0581. The van der Waals surface area contributed by atoms with Crippen LogP contribution in [-0.4, -0.2) is 46.7 Å². The quantitative estimate of drug-likeness (QED) is 0.342. The Morgan fingerprint density at radius 1 is 0.943 bits per heavy atom. The number of hydrogen-bond donors (Lipinski definition) is 0. The van der Waals surface area contributed by atoms with Crippen molar-refractivity contribution in [1.29, 1.82) is 0 Å². The zero-order valence-corrected chi connectivity index (χ0v) is 20.7. The summed E-state index contributed by atoms with van der Waals surface area (Å²) in [5, 5.41) is 9.59. The lowest BCUT2D eigenvalue weighted by atomic mass is 10.1. The molecule has 1 atom stereocenters. The molecule has 0 saturated heterocycles. The number of carbonyl (C=O) groups is 1. The Morgan fingerprint density at radius 3 is 2.29 bits per heavy atom. The molecule has 1 unspecified atom stereocenters. The Hall–Kier alpha value is -3.78. The molecule has 0 spiro atoms. The third kappa shape index (κ3) is 4.49. The molecule has 2 heterocycles. The Kier molecular flexibility index (Phi) is 6.46. The van der Waals surface area contributed by atoms with Gasteiger partial charge >= 0.3 is 0 Å². The zero-order chi connectivity index (χ0) is 24.4. The number of amides is 1. The average molecular weight is 487 g/mol. The molecule has 1 aliphatic heterocycles. The van der Waals surface area contributed by atoms with Gasteiger partial charge in [0, 0.05) is 23.0 Å². The molecule has 0 saturated carbocycles. The van der Waals surface area contributed by atoms with Gasteiger partial charge in [0.05, 0.1) is 20.0 Å². The molecular formula is C27H26N4O3S. The van der Waals surface area contributed by atoms with Gasteiger partial charge in [-0.05, 0) is 73.5 Å². The van der Waals surface area contributed by atoms with E-state index in [-0.39, 0.29) is 17.7 Å². The Balaban J connectivity index is 1.45. The van der Waals surface area contributed by atoms with E-state index in [4.69, 9.17) is 9.47 Å². The van der Waals surface area contributed by atoms with E-state index in [1.165, 1.54) is 17.3 Å². The number of hydrogen-bond acceptors (Lipinski definition) is 6. The van der Waals surface area contributed by atoms with E-state index in [0.29, 0.717) is 11.0 Å². The summed E-state index contributed by atoms with van der Waals surface area (Å²) in [7, 11) is 3.28.